The summed E-state index contributed by atoms with van der Waals surface area (Å²) in [6.07, 6.45) is 19.0. The van der Waals surface area contributed by atoms with Crippen molar-refractivity contribution in [3.63, 3.8) is 0 Å². The highest BCUT2D eigenvalue weighted by Gasteiger charge is 2.12. The number of nitrogens with two attached hydrogens (primary N) is 2. The molecule has 5 nitrogen and oxygen atoms in total. The van der Waals surface area contributed by atoms with E-state index in [0.29, 0.717) is 23.5 Å². The summed E-state index contributed by atoms with van der Waals surface area (Å²) < 4.78 is 20.0. The fourth-order valence-electron chi connectivity index (χ4n) is 2.97. The molecule has 0 atom stereocenters. The second-order valence-electron chi connectivity index (χ2n) is 7.69. The smallest absolute Gasteiger partial charge is 0.216 e. The first-order valence-electron chi connectivity index (χ1n) is 11.9. The number of ether oxygens (including phenoxy) is 1. The van der Waals surface area contributed by atoms with Gasteiger partial charge in [0, 0.05) is 43.2 Å². The molecule has 0 saturated heterocycles. The van der Waals surface area contributed by atoms with Gasteiger partial charge in [0.1, 0.15) is 11.6 Å². The van der Waals surface area contributed by atoms with E-state index in [1.54, 1.807) is 25.4 Å². The van der Waals surface area contributed by atoms with Crippen LogP contribution in [0.5, 0.6) is 5.75 Å². The fraction of sp³-hybridized carbons (Fsp3) is 0.310. The Balaban J connectivity index is 3.22. The average Bonchev–Trinajstić information content (AvgIpc) is 2.85. The zero-order chi connectivity index (χ0) is 26.1. The lowest BCUT2D eigenvalue weighted by atomic mass is 10.1. The molecule has 0 aliphatic rings. The van der Waals surface area contributed by atoms with Gasteiger partial charge < -0.3 is 16.2 Å². The van der Waals surface area contributed by atoms with Crippen LogP contribution in [0.15, 0.2) is 94.1 Å². The van der Waals surface area contributed by atoms with E-state index < -0.39 is 5.82 Å². The minimum Gasteiger partial charge on any atom is -0.439 e. The predicted octanol–water partition coefficient (Wildman–Crippen LogP) is 6.66. The van der Waals surface area contributed by atoms with Gasteiger partial charge in [-0.2, -0.15) is 0 Å². The molecule has 0 amide bonds. The third-order valence-corrected chi connectivity index (χ3v) is 4.89. The maximum Gasteiger partial charge on any atom is 0.216 e. The molecule has 0 heterocycles. The first kappa shape index (κ1) is 29.5. The highest BCUT2D eigenvalue weighted by atomic mass is 19.1. The second-order valence-corrected chi connectivity index (χ2v) is 7.69. The van der Waals surface area contributed by atoms with E-state index in [-0.39, 0.29) is 11.6 Å². The van der Waals surface area contributed by atoms with Crippen LogP contribution in [0.2, 0.25) is 0 Å². The molecule has 1 aromatic rings. The summed E-state index contributed by atoms with van der Waals surface area (Å²) in [7, 11) is 1.58. The normalized spacial score (nSPS) is 14.0. The Morgan fingerprint density at radius 1 is 1.20 bits per heavy atom. The molecule has 0 spiro atoms. The van der Waals surface area contributed by atoms with Gasteiger partial charge in [-0.3, -0.25) is 9.98 Å². The van der Waals surface area contributed by atoms with Crippen molar-refractivity contribution in [1.82, 2.24) is 0 Å². The largest absolute Gasteiger partial charge is 0.439 e. The minimum absolute atomic E-state index is 0.231. The zero-order valence-electron chi connectivity index (χ0n) is 21.4. The molecule has 35 heavy (non-hydrogen) atoms. The molecule has 0 bridgehead atoms. The minimum atomic E-state index is -0.448. The summed E-state index contributed by atoms with van der Waals surface area (Å²) in [4.78, 5) is 8.63. The molecule has 0 fully saturated rings. The Kier molecular flexibility index (Phi) is 14.3. The van der Waals surface area contributed by atoms with Crippen molar-refractivity contribution >= 4 is 17.8 Å². The fourth-order valence-corrected chi connectivity index (χ4v) is 2.97. The number of rotatable bonds is 13. The first-order valence-corrected chi connectivity index (χ1v) is 11.9. The van der Waals surface area contributed by atoms with Gasteiger partial charge in [-0.1, -0.05) is 69.7 Å². The van der Waals surface area contributed by atoms with Crippen LogP contribution in [0.3, 0.4) is 0 Å². The highest BCUT2D eigenvalue weighted by molar-refractivity contribution is 5.92. The molecule has 0 aliphatic carbocycles. The van der Waals surface area contributed by atoms with Gasteiger partial charge in [0.15, 0.2) is 0 Å². The Morgan fingerprint density at radius 3 is 2.60 bits per heavy atom. The van der Waals surface area contributed by atoms with Crippen molar-refractivity contribution in [1.29, 1.82) is 0 Å². The maximum atomic E-state index is 14.1. The van der Waals surface area contributed by atoms with Gasteiger partial charge in [-0.25, -0.2) is 4.39 Å². The summed E-state index contributed by atoms with van der Waals surface area (Å²) in [6.45, 7) is 10.5. The van der Waals surface area contributed by atoms with E-state index in [1.807, 2.05) is 44.2 Å². The van der Waals surface area contributed by atoms with Crippen molar-refractivity contribution < 1.29 is 9.13 Å². The van der Waals surface area contributed by atoms with Crippen molar-refractivity contribution in [2.45, 2.75) is 46.5 Å². The van der Waals surface area contributed by atoms with Gasteiger partial charge in [0.05, 0.1) is 5.70 Å². The molecule has 0 aromatic heterocycles. The number of nitrogens with zero attached hydrogens (tertiary/aromatic N) is 2. The SMILES string of the molecule is C=C(N=C/C(=C\CCCC)CN)c1ccc(F)cc1OC(C=C(N)C(/C=C\C=C/C)=C\CC)=NC. The van der Waals surface area contributed by atoms with Crippen LogP contribution in [0.25, 0.3) is 5.70 Å². The lowest BCUT2D eigenvalue weighted by Crippen LogP contribution is -2.11. The van der Waals surface area contributed by atoms with Gasteiger partial charge in [0.25, 0.3) is 0 Å². The Bertz CT molecular complexity index is 1040. The highest BCUT2D eigenvalue weighted by Crippen LogP contribution is 2.27. The number of halogens is 1. The molecular formula is C29H39FN4O. The second kappa shape index (κ2) is 17.0. The van der Waals surface area contributed by atoms with E-state index >= 15 is 0 Å². The van der Waals surface area contributed by atoms with Gasteiger partial charge >= 0.3 is 0 Å². The topological polar surface area (TPSA) is 86.0 Å². The lowest BCUT2D eigenvalue weighted by Gasteiger charge is -2.12. The number of aliphatic imine (C=N–C) groups is 2. The van der Waals surface area contributed by atoms with Crippen molar-refractivity contribution in [2.24, 2.45) is 21.5 Å². The van der Waals surface area contributed by atoms with Gasteiger partial charge in [0.2, 0.25) is 5.90 Å². The van der Waals surface area contributed by atoms with Crippen molar-refractivity contribution in [2.75, 3.05) is 13.6 Å². The molecule has 4 N–H and O–H groups in total. The lowest BCUT2D eigenvalue weighted by molar-refractivity contribution is 0.539. The monoisotopic (exact) mass is 478 g/mol. The standard InChI is InChI=1S/C29H39FN4O/c1-6-9-11-14-23(20-31)21-34-22(4)26-17-16-25(30)18-28(26)35-29(33-5)19-27(32)24(13-8-3)15-12-10-7-2/h7,10,12-19,21H,4,6,8-9,11,20,31-32H2,1-3,5H3/b10-7-,15-12-,23-14-,24-13-,27-19?,33-29?,34-21?. The van der Waals surface area contributed by atoms with E-state index in [0.717, 1.165) is 36.8 Å². The number of benzene rings is 1. The van der Waals surface area contributed by atoms with E-state index in [1.165, 1.54) is 12.1 Å². The van der Waals surface area contributed by atoms with E-state index in [2.05, 4.69) is 29.6 Å². The first-order chi connectivity index (χ1) is 16.9. The molecule has 1 rings (SSSR count). The quantitative estimate of drug-likeness (QED) is 0.144. The van der Waals surface area contributed by atoms with E-state index in [9.17, 15) is 4.39 Å². The summed E-state index contributed by atoms with van der Waals surface area (Å²) in [5, 5.41) is 0. The summed E-state index contributed by atoms with van der Waals surface area (Å²) >= 11 is 0. The summed E-state index contributed by atoms with van der Waals surface area (Å²) in [5.74, 6) is 0.0251. The number of hydrogen-bond donors (Lipinski definition) is 2. The van der Waals surface area contributed by atoms with Crippen LogP contribution in [-0.4, -0.2) is 25.7 Å². The molecule has 0 unspecified atom stereocenters. The van der Waals surface area contributed by atoms with Gasteiger partial charge in [-0.15, -0.1) is 0 Å². The van der Waals surface area contributed by atoms with Gasteiger partial charge in [-0.05, 0) is 43.0 Å². The summed E-state index contributed by atoms with van der Waals surface area (Å²) in [5.41, 5.74) is 15.3. The molecule has 0 radical (unpaired) electrons. The number of hydrogen-bond acceptors (Lipinski definition) is 5. The Morgan fingerprint density at radius 2 is 1.97 bits per heavy atom. The maximum absolute atomic E-state index is 14.1. The molecule has 188 valence electrons. The molecule has 1 aromatic carbocycles. The molecular weight excluding hydrogens is 439 g/mol. The van der Waals surface area contributed by atoms with Crippen LogP contribution in [0, 0.1) is 5.82 Å². The van der Waals surface area contributed by atoms with E-state index in [4.69, 9.17) is 16.2 Å². The third-order valence-electron chi connectivity index (χ3n) is 4.89. The predicted molar refractivity (Wildman–Crippen MR) is 149 cm³/mol. The van der Waals surface area contributed by atoms with Crippen LogP contribution in [0.1, 0.15) is 52.0 Å². The Labute approximate surface area is 209 Å². The molecule has 6 heteroatoms. The van der Waals surface area contributed by atoms with Crippen LogP contribution in [-0.2, 0) is 0 Å². The summed E-state index contributed by atoms with van der Waals surface area (Å²) in [6, 6.07) is 4.20. The Hall–Kier alpha value is -3.51. The van der Waals surface area contributed by atoms with Crippen molar-refractivity contribution in [3.8, 4) is 5.75 Å². The van der Waals surface area contributed by atoms with Crippen LogP contribution >= 0.6 is 0 Å². The zero-order valence-corrected chi connectivity index (χ0v) is 21.4. The van der Waals surface area contributed by atoms with Crippen molar-refractivity contribution in [3.05, 3.63) is 95.5 Å². The molecule has 0 aliphatic heterocycles. The number of allylic oxidation sites excluding steroid dienone is 6. The van der Waals surface area contributed by atoms with Crippen LogP contribution in [0.4, 0.5) is 4.39 Å². The third kappa shape index (κ3) is 11.0. The molecule has 0 saturated carbocycles. The van der Waals surface area contributed by atoms with Crippen LogP contribution < -0.4 is 16.2 Å². The number of unbranched alkanes of at least 4 members (excludes halogenated alkanes) is 2. The average molecular weight is 479 g/mol.